The molecule has 138 valence electrons. The van der Waals surface area contributed by atoms with Crippen molar-refractivity contribution in [1.82, 2.24) is 9.88 Å². The Balaban J connectivity index is 1.64. The van der Waals surface area contributed by atoms with Gasteiger partial charge in [0.25, 0.3) is 0 Å². The quantitative estimate of drug-likeness (QED) is 0.767. The van der Waals surface area contributed by atoms with Crippen LogP contribution in [0.2, 0.25) is 10.0 Å². The molecule has 0 aliphatic carbocycles. The summed E-state index contributed by atoms with van der Waals surface area (Å²) in [4.78, 5) is 18.2. The van der Waals surface area contributed by atoms with Gasteiger partial charge in [0.1, 0.15) is 5.82 Å². The minimum atomic E-state index is -0.470. The molecule has 2 N–H and O–H groups in total. The third-order valence-electron chi connectivity index (χ3n) is 4.47. The van der Waals surface area contributed by atoms with Crippen LogP contribution in [0.3, 0.4) is 0 Å². The summed E-state index contributed by atoms with van der Waals surface area (Å²) in [5.74, 6) is -1.31. The highest BCUT2D eigenvalue weighted by atomic mass is 35.5. The summed E-state index contributed by atoms with van der Waals surface area (Å²) < 4.78 is 13.1. The number of nitrogens with zero attached hydrogens (tertiary/aromatic N) is 2. The van der Waals surface area contributed by atoms with E-state index in [9.17, 15) is 19.4 Å². The maximum Gasteiger partial charge on any atom is 0.222 e. The number of rotatable bonds is 4. The van der Waals surface area contributed by atoms with Crippen LogP contribution in [0.4, 0.5) is 4.39 Å². The van der Waals surface area contributed by atoms with Crippen LogP contribution in [-0.4, -0.2) is 32.5 Å². The van der Waals surface area contributed by atoms with E-state index in [1.165, 1.54) is 18.3 Å². The second-order valence-electron chi connectivity index (χ2n) is 6.17. The first-order valence-electron chi connectivity index (χ1n) is 8.17. The number of hydrogen-bond donors (Lipinski definition) is 2. The summed E-state index contributed by atoms with van der Waals surface area (Å²) in [5, 5.41) is 19.7. The van der Waals surface area contributed by atoms with Crippen LogP contribution in [0, 0.1) is 5.82 Å². The lowest BCUT2D eigenvalue weighted by Gasteiger charge is -2.30. The van der Waals surface area contributed by atoms with E-state index in [4.69, 9.17) is 23.2 Å². The fraction of sp³-hybridized carbons (Fsp3) is 0.333. The number of aromatic hydroxyl groups is 2. The fourth-order valence-electron chi connectivity index (χ4n) is 3.08. The van der Waals surface area contributed by atoms with Gasteiger partial charge in [-0.05, 0) is 42.5 Å². The number of carbonyl (C=O) groups excluding carboxylic acids is 1. The third kappa shape index (κ3) is 3.71. The summed E-state index contributed by atoms with van der Waals surface area (Å²) in [7, 11) is 0. The number of benzene rings is 1. The summed E-state index contributed by atoms with van der Waals surface area (Å²) in [6.45, 7) is 0.670. The van der Waals surface area contributed by atoms with E-state index in [1.807, 2.05) is 0 Å². The molecule has 0 saturated carbocycles. The molecule has 0 fully saturated rings. The van der Waals surface area contributed by atoms with E-state index in [0.717, 1.165) is 0 Å². The second-order valence-corrected chi connectivity index (χ2v) is 6.92. The van der Waals surface area contributed by atoms with Crippen LogP contribution in [0.25, 0.3) is 0 Å². The number of phenolic OH excluding ortho intramolecular Hbond substituents is 2. The van der Waals surface area contributed by atoms with Crippen molar-refractivity contribution >= 4 is 29.1 Å². The number of fused-ring (bicyclic) bond motifs is 1. The van der Waals surface area contributed by atoms with Crippen LogP contribution in [-0.2, 0) is 24.2 Å². The van der Waals surface area contributed by atoms with Crippen molar-refractivity contribution < 1.29 is 19.4 Å². The summed E-state index contributed by atoms with van der Waals surface area (Å²) in [5.41, 5.74) is 1.82. The van der Waals surface area contributed by atoms with Crippen molar-refractivity contribution in [2.75, 3.05) is 6.54 Å². The molecule has 0 radical (unpaired) electrons. The molecule has 5 nitrogen and oxygen atoms in total. The van der Waals surface area contributed by atoms with E-state index in [2.05, 4.69) is 4.98 Å². The molecule has 1 aromatic heterocycles. The molecule has 2 heterocycles. The van der Waals surface area contributed by atoms with Crippen LogP contribution >= 0.6 is 23.2 Å². The van der Waals surface area contributed by atoms with Gasteiger partial charge in [-0.25, -0.2) is 4.39 Å². The lowest BCUT2D eigenvalue weighted by Crippen LogP contribution is -2.36. The molecule has 0 saturated heterocycles. The normalized spacial score (nSPS) is 13.6. The molecule has 26 heavy (non-hydrogen) atoms. The highest BCUT2D eigenvalue weighted by Crippen LogP contribution is 2.46. The topological polar surface area (TPSA) is 73.7 Å². The lowest BCUT2D eigenvalue weighted by molar-refractivity contribution is -0.132. The maximum absolute atomic E-state index is 13.1. The van der Waals surface area contributed by atoms with Crippen molar-refractivity contribution in [3.05, 3.63) is 51.0 Å². The number of aryl methyl sites for hydroxylation is 1. The van der Waals surface area contributed by atoms with Gasteiger partial charge in [-0.3, -0.25) is 9.78 Å². The molecular weight excluding hydrogens is 382 g/mol. The molecule has 0 atom stereocenters. The number of carbonyl (C=O) groups is 1. The second kappa shape index (κ2) is 7.68. The molecule has 1 aliphatic heterocycles. The van der Waals surface area contributed by atoms with Gasteiger partial charge in [-0.2, -0.15) is 0 Å². The number of phenols is 2. The van der Waals surface area contributed by atoms with Gasteiger partial charge in [0.05, 0.1) is 10.0 Å². The van der Waals surface area contributed by atoms with Gasteiger partial charge >= 0.3 is 0 Å². The first-order valence-corrected chi connectivity index (χ1v) is 8.93. The van der Waals surface area contributed by atoms with Crippen LogP contribution in [0.1, 0.15) is 29.7 Å². The van der Waals surface area contributed by atoms with Crippen LogP contribution in [0.5, 0.6) is 11.5 Å². The predicted octanol–water partition coefficient (Wildman–Crippen LogP) is 3.85. The van der Waals surface area contributed by atoms with Crippen molar-refractivity contribution in [3.8, 4) is 11.5 Å². The molecular formula is C18H17Cl2FN2O3. The molecule has 0 spiro atoms. The smallest absolute Gasteiger partial charge is 0.222 e. The van der Waals surface area contributed by atoms with Crippen LogP contribution < -0.4 is 0 Å². The molecule has 1 aromatic carbocycles. The Labute approximate surface area is 160 Å². The average molecular weight is 399 g/mol. The molecule has 0 unspecified atom stereocenters. The zero-order valence-corrected chi connectivity index (χ0v) is 15.3. The van der Waals surface area contributed by atoms with Gasteiger partial charge < -0.3 is 15.1 Å². The minimum absolute atomic E-state index is 0.0170. The Bertz CT molecular complexity index is 861. The summed E-state index contributed by atoms with van der Waals surface area (Å²) in [6.07, 6.45) is 3.20. The standard InChI is InChI=1S/C18H17Cl2FN2O3/c19-15-12-5-7-23(9-13(12)16(20)18(26)17(15)25)14(24)3-1-2-11-8-10(21)4-6-22-11/h4,6,8,25-26H,1-3,5,7,9H2. The van der Waals surface area contributed by atoms with E-state index in [-0.39, 0.29) is 28.3 Å². The Morgan fingerprint density at radius 1 is 1.23 bits per heavy atom. The Morgan fingerprint density at radius 2 is 1.92 bits per heavy atom. The van der Waals surface area contributed by atoms with E-state index in [1.54, 1.807) is 4.90 Å². The Kier molecular flexibility index (Phi) is 5.53. The summed E-state index contributed by atoms with van der Waals surface area (Å²) in [6, 6.07) is 2.64. The van der Waals surface area contributed by atoms with Crippen molar-refractivity contribution in [2.24, 2.45) is 0 Å². The van der Waals surface area contributed by atoms with E-state index >= 15 is 0 Å². The van der Waals surface area contributed by atoms with Gasteiger partial charge in [0.2, 0.25) is 5.91 Å². The first kappa shape index (κ1) is 18.7. The van der Waals surface area contributed by atoms with Crippen molar-refractivity contribution in [1.29, 1.82) is 0 Å². The highest BCUT2D eigenvalue weighted by molar-refractivity contribution is 6.36. The molecule has 0 bridgehead atoms. The number of halogens is 3. The summed E-state index contributed by atoms with van der Waals surface area (Å²) >= 11 is 12.2. The fourth-order valence-corrected chi connectivity index (χ4v) is 3.64. The highest BCUT2D eigenvalue weighted by Gasteiger charge is 2.28. The van der Waals surface area contributed by atoms with Crippen LogP contribution in [0.15, 0.2) is 18.3 Å². The number of aromatic nitrogens is 1. The number of amides is 1. The van der Waals surface area contributed by atoms with E-state index < -0.39 is 11.5 Å². The first-order chi connectivity index (χ1) is 12.4. The lowest BCUT2D eigenvalue weighted by atomic mass is 9.98. The number of pyridine rings is 1. The average Bonchev–Trinajstić information content (AvgIpc) is 2.64. The third-order valence-corrected chi connectivity index (χ3v) is 5.28. The van der Waals surface area contributed by atoms with Gasteiger partial charge in [-0.1, -0.05) is 23.2 Å². The maximum atomic E-state index is 13.1. The molecule has 2 aromatic rings. The predicted molar refractivity (Wildman–Crippen MR) is 96.0 cm³/mol. The zero-order valence-electron chi connectivity index (χ0n) is 13.8. The van der Waals surface area contributed by atoms with Crippen molar-refractivity contribution in [3.63, 3.8) is 0 Å². The Hall–Kier alpha value is -2.05. The van der Waals surface area contributed by atoms with Gasteiger partial charge in [-0.15, -0.1) is 0 Å². The number of hydrogen-bond acceptors (Lipinski definition) is 4. The molecule has 8 heteroatoms. The van der Waals surface area contributed by atoms with Crippen molar-refractivity contribution in [2.45, 2.75) is 32.2 Å². The zero-order chi connectivity index (χ0) is 18.8. The largest absolute Gasteiger partial charge is 0.503 e. The molecule has 3 rings (SSSR count). The van der Waals surface area contributed by atoms with Gasteiger partial charge in [0, 0.05) is 31.4 Å². The SMILES string of the molecule is O=C(CCCc1cc(F)ccn1)N1CCc2c(Cl)c(O)c(O)c(Cl)c2C1. The Morgan fingerprint density at radius 3 is 2.62 bits per heavy atom. The molecule has 1 amide bonds. The monoisotopic (exact) mass is 398 g/mol. The minimum Gasteiger partial charge on any atom is -0.503 e. The molecule has 1 aliphatic rings. The van der Waals surface area contributed by atoms with E-state index in [0.29, 0.717) is 49.0 Å². The van der Waals surface area contributed by atoms with Gasteiger partial charge in [0.15, 0.2) is 11.5 Å².